The number of hydrogen-bond acceptors (Lipinski definition) is 6. The molecule has 1 amide bonds. The first-order chi connectivity index (χ1) is 12.1. The molecule has 132 valence electrons. The molecule has 3 rings (SSSR count). The first kappa shape index (κ1) is 17.5. The van der Waals surface area contributed by atoms with Gasteiger partial charge in [-0.05, 0) is 34.1 Å². The van der Waals surface area contributed by atoms with Crippen molar-refractivity contribution in [2.45, 2.75) is 12.5 Å². The predicted octanol–water partition coefficient (Wildman–Crippen LogP) is 2.55. The van der Waals surface area contributed by atoms with E-state index in [0.29, 0.717) is 36.2 Å². The largest absolute Gasteiger partial charge is 0.497 e. The van der Waals surface area contributed by atoms with Crippen LogP contribution in [0, 0.1) is 0 Å². The highest BCUT2D eigenvalue weighted by Crippen LogP contribution is 2.26. The van der Waals surface area contributed by atoms with Gasteiger partial charge in [0.1, 0.15) is 11.9 Å². The zero-order valence-corrected chi connectivity index (χ0v) is 15.5. The summed E-state index contributed by atoms with van der Waals surface area (Å²) < 4.78 is 16.7. The summed E-state index contributed by atoms with van der Waals surface area (Å²) in [5.41, 5.74) is 0.573. The van der Waals surface area contributed by atoms with Crippen molar-refractivity contribution in [3.8, 4) is 17.5 Å². The van der Waals surface area contributed by atoms with Gasteiger partial charge in [-0.15, -0.1) is 10.2 Å². The Morgan fingerprint density at radius 1 is 1.16 bits per heavy atom. The average molecular weight is 408 g/mol. The normalized spacial score (nSPS) is 16.6. The molecule has 0 radical (unpaired) electrons. The fraction of sp³-hybridized carbons (Fsp3) is 0.353. The minimum Gasteiger partial charge on any atom is -0.497 e. The van der Waals surface area contributed by atoms with Crippen LogP contribution in [0.1, 0.15) is 16.8 Å². The summed E-state index contributed by atoms with van der Waals surface area (Å²) in [5.74, 6) is 1.44. The monoisotopic (exact) mass is 407 g/mol. The van der Waals surface area contributed by atoms with E-state index in [2.05, 4.69) is 26.1 Å². The minimum absolute atomic E-state index is 0.0577. The van der Waals surface area contributed by atoms with Gasteiger partial charge in [-0.2, -0.15) is 0 Å². The van der Waals surface area contributed by atoms with Gasteiger partial charge in [0.05, 0.1) is 26.3 Å². The molecule has 2 heterocycles. The number of likely N-dealkylation sites (tertiary alicyclic amines) is 1. The number of rotatable bonds is 5. The maximum absolute atomic E-state index is 12.8. The molecule has 25 heavy (non-hydrogen) atoms. The molecule has 1 aliphatic heterocycles. The van der Waals surface area contributed by atoms with Crippen LogP contribution in [0.25, 0.3) is 0 Å². The van der Waals surface area contributed by atoms with Crippen LogP contribution in [0.5, 0.6) is 17.5 Å². The van der Waals surface area contributed by atoms with Gasteiger partial charge in [-0.3, -0.25) is 4.79 Å². The second-order valence-electron chi connectivity index (χ2n) is 5.54. The number of hydrogen-bond donors (Lipinski definition) is 0. The SMILES string of the molecule is COc1ccc(Br)c(C(=O)N2CCC(Oc3ccc(OC)nn3)C2)c1. The summed E-state index contributed by atoms with van der Waals surface area (Å²) in [5, 5.41) is 7.83. The fourth-order valence-electron chi connectivity index (χ4n) is 2.62. The van der Waals surface area contributed by atoms with Crippen LogP contribution in [0.2, 0.25) is 0 Å². The molecule has 1 saturated heterocycles. The molecule has 0 aliphatic carbocycles. The van der Waals surface area contributed by atoms with Crippen molar-refractivity contribution in [1.82, 2.24) is 15.1 Å². The highest BCUT2D eigenvalue weighted by Gasteiger charge is 2.29. The molecule has 1 unspecified atom stereocenters. The Hall–Kier alpha value is -2.35. The van der Waals surface area contributed by atoms with Crippen molar-refractivity contribution in [3.05, 3.63) is 40.4 Å². The lowest BCUT2D eigenvalue weighted by molar-refractivity contribution is 0.0769. The van der Waals surface area contributed by atoms with Crippen LogP contribution < -0.4 is 14.2 Å². The summed E-state index contributed by atoms with van der Waals surface area (Å²) in [6.45, 7) is 1.12. The number of benzene rings is 1. The van der Waals surface area contributed by atoms with Crippen molar-refractivity contribution < 1.29 is 19.0 Å². The first-order valence-electron chi connectivity index (χ1n) is 7.78. The molecule has 0 spiro atoms. The van der Waals surface area contributed by atoms with Crippen molar-refractivity contribution in [1.29, 1.82) is 0 Å². The minimum atomic E-state index is -0.115. The van der Waals surface area contributed by atoms with Gasteiger partial charge in [0, 0.05) is 29.6 Å². The van der Waals surface area contributed by atoms with Crippen molar-refractivity contribution >= 4 is 21.8 Å². The molecule has 2 aromatic rings. The van der Waals surface area contributed by atoms with Gasteiger partial charge in [0.15, 0.2) is 0 Å². The number of nitrogens with zero attached hydrogens (tertiary/aromatic N) is 3. The number of methoxy groups -OCH3 is 2. The van der Waals surface area contributed by atoms with Gasteiger partial charge in [-0.25, -0.2) is 0 Å². The highest BCUT2D eigenvalue weighted by molar-refractivity contribution is 9.10. The molecular formula is C17H18BrN3O4. The molecule has 0 N–H and O–H groups in total. The van der Waals surface area contributed by atoms with Gasteiger partial charge < -0.3 is 19.1 Å². The second kappa shape index (κ2) is 7.69. The topological polar surface area (TPSA) is 73.8 Å². The van der Waals surface area contributed by atoms with E-state index >= 15 is 0 Å². The zero-order valence-electron chi connectivity index (χ0n) is 13.9. The van der Waals surface area contributed by atoms with E-state index in [1.807, 2.05) is 6.07 Å². The van der Waals surface area contributed by atoms with E-state index < -0.39 is 0 Å². The van der Waals surface area contributed by atoms with E-state index in [1.165, 1.54) is 7.11 Å². The van der Waals surface area contributed by atoms with E-state index in [-0.39, 0.29) is 12.0 Å². The van der Waals surface area contributed by atoms with E-state index in [4.69, 9.17) is 14.2 Å². The van der Waals surface area contributed by atoms with Crippen molar-refractivity contribution in [3.63, 3.8) is 0 Å². The summed E-state index contributed by atoms with van der Waals surface area (Å²) in [4.78, 5) is 14.5. The number of ether oxygens (including phenoxy) is 3. The van der Waals surface area contributed by atoms with Crippen LogP contribution in [0.3, 0.4) is 0 Å². The van der Waals surface area contributed by atoms with Crippen molar-refractivity contribution in [2.75, 3.05) is 27.3 Å². The Balaban J connectivity index is 1.64. The highest BCUT2D eigenvalue weighted by atomic mass is 79.9. The molecular weight excluding hydrogens is 390 g/mol. The number of carbonyl (C=O) groups is 1. The second-order valence-corrected chi connectivity index (χ2v) is 6.39. The molecule has 1 aliphatic rings. The standard InChI is InChI=1S/C17H18BrN3O4/c1-23-11-3-4-14(18)13(9-11)17(22)21-8-7-12(10-21)25-16-6-5-15(24-2)19-20-16/h3-6,9,12H,7-8,10H2,1-2H3. The van der Waals surface area contributed by atoms with E-state index in [9.17, 15) is 4.79 Å². The van der Waals surface area contributed by atoms with E-state index in [1.54, 1.807) is 36.3 Å². The Bertz CT molecular complexity index is 754. The maximum atomic E-state index is 12.8. The van der Waals surface area contributed by atoms with Crippen LogP contribution >= 0.6 is 15.9 Å². The molecule has 8 heteroatoms. The Morgan fingerprint density at radius 3 is 2.60 bits per heavy atom. The molecule has 0 saturated carbocycles. The smallest absolute Gasteiger partial charge is 0.255 e. The number of aromatic nitrogens is 2. The summed E-state index contributed by atoms with van der Waals surface area (Å²) in [6, 6.07) is 8.74. The molecule has 7 nitrogen and oxygen atoms in total. The zero-order chi connectivity index (χ0) is 17.8. The number of carbonyl (C=O) groups excluding carboxylic acids is 1. The summed E-state index contributed by atoms with van der Waals surface area (Å²) >= 11 is 3.43. The van der Waals surface area contributed by atoms with Gasteiger partial charge >= 0.3 is 0 Å². The van der Waals surface area contributed by atoms with Crippen LogP contribution in [-0.4, -0.2) is 54.4 Å². The lowest BCUT2D eigenvalue weighted by atomic mass is 10.2. The Labute approximate surface area is 154 Å². The third-order valence-corrected chi connectivity index (χ3v) is 4.64. The molecule has 1 atom stereocenters. The fourth-order valence-corrected chi connectivity index (χ4v) is 3.04. The number of amides is 1. The third kappa shape index (κ3) is 4.01. The van der Waals surface area contributed by atoms with Gasteiger partial charge in [0.2, 0.25) is 11.8 Å². The van der Waals surface area contributed by atoms with E-state index in [0.717, 1.165) is 10.9 Å². The molecule has 1 fully saturated rings. The first-order valence-corrected chi connectivity index (χ1v) is 8.57. The van der Waals surface area contributed by atoms with Crippen LogP contribution in [0.15, 0.2) is 34.8 Å². The third-order valence-electron chi connectivity index (χ3n) is 3.95. The number of halogens is 1. The molecule has 0 bridgehead atoms. The van der Waals surface area contributed by atoms with Gasteiger partial charge in [-0.1, -0.05) is 0 Å². The lowest BCUT2D eigenvalue weighted by Gasteiger charge is -2.18. The summed E-state index contributed by atoms with van der Waals surface area (Å²) in [7, 11) is 3.11. The molecule has 1 aromatic heterocycles. The van der Waals surface area contributed by atoms with Crippen LogP contribution in [-0.2, 0) is 0 Å². The van der Waals surface area contributed by atoms with Crippen molar-refractivity contribution in [2.24, 2.45) is 0 Å². The Kier molecular flexibility index (Phi) is 5.37. The molecule has 1 aromatic carbocycles. The summed E-state index contributed by atoms with van der Waals surface area (Å²) in [6.07, 6.45) is 0.622. The predicted molar refractivity (Wildman–Crippen MR) is 94.2 cm³/mol. The quantitative estimate of drug-likeness (QED) is 0.757. The average Bonchev–Trinajstić information content (AvgIpc) is 3.10. The van der Waals surface area contributed by atoms with Crippen LogP contribution in [0.4, 0.5) is 0 Å². The Morgan fingerprint density at radius 2 is 1.92 bits per heavy atom. The van der Waals surface area contributed by atoms with Gasteiger partial charge in [0.25, 0.3) is 5.91 Å². The lowest BCUT2D eigenvalue weighted by Crippen LogP contribution is -2.31. The maximum Gasteiger partial charge on any atom is 0.255 e.